The summed E-state index contributed by atoms with van der Waals surface area (Å²) in [5.74, 6) is -5.99. The minimum Gasteiger partial charge on any atom is -0.462 e. The molecule has 7 aromatic rings. The number of aromatic nitrogens is 8. The van der Waals surface area contributed by atoms with Gasteiger partial charge in [0, 0.05) is 67.6 Å². The average molecular weight is 1140 g/mol. The molecule has 0 radical (unpaired) electrons. The molecule has 4 aromatic carbocycles. The fraction of sp³-hybridized carbons (Fsp3) is 0.362. The van der Waals surface area contributed by atoms with Gasteiger partial charge in [-0.15, -0.1) is 10.2 Å². The molecule has 83 heavy (non-hydrogen) atoms. The summed E-state index contributed by atoms with van der Waals surface area (Å²) in [7, 11) is 2.92. The van der Waals surface area contributed by atoms with Crippen LogP contribution in [0.5, 0.6) is 0 Å². The number of benzene rings is 4. The number of hydrogen-bond acceptors (Lipinski definition) is 19. The zero-order chi connectivity index (χ0) is 60.9. The van der Waals surface area contributed by atoms with Gasteiger partial charge in [0.05, 0.1) is 24.6 Å². The van der Waals surface area contributed by atoms with E-state index in [1.165, 1.54) is 26.6 Å². The van der Waals surface area contributed by atoms with Gasteiger partial charge >= 0.3 is 24.1 Å². The highest BCUT2D eigenvalue weighted by Crippen LogP contribution is 2.65. The topological polar surface area (TPSA) is 354 Å². The second kappa shape index (κ2) is 24.2. The van der Waals surface area contributed by atoms with Gasteiger partial charge in [-0.2, -0.15) is 19.8 Å². The van der Waals surface area contributed by atoms with Crippen LogP contribution in [0, 0.1) is 50.8 Å². The second-order valence-corrected chi connectivity index (χ2v) is 21.7. The van der Waals surface area contributed by atoms with Crippen LogP contribution in [-0.4, -0.2) is 111 Å². The molecule has 2 fully saturated rings. The number of hydrogen-bond donors (Lipinski definition) is 3. The number of nitrogens with two attached hydrogens (primary N) is 1. The van der Waals surface area contributed by atoms with Crippen LogP contribution in [-0.2, 0) is 60.3 Å². The van der Waals surface area contributed by atoms with Crippen LogP contribution in [0.25, 0.3) is 0 Å². The number of aryl methyl sites for hydroxylation is 1. The SMILES string of the molecule is CC(C)(C)c1ncn[nH]1.CC(C)(C)n1cnnc1.CCOC(=O)c1cn[nH]c1C.CN.CN1C(=O)C2C3c4ccccc4C([N+](=O)[O-])(c4ccccc43)C2C1=O.O=C1OC(=O)C2C1C1c3ccccc3C2([N+](=O)[O-])c2ccccc21.O=C=O. The number of nitrogens with zero attached hydrogens (tertiary/aromatic N) is 9. The smallest absolute Gasteiger partial charge is 0.373 e. The molecule has 25 heteroatoms. The summed E-state index contributed by atoms with van der Waals surface area (Å²) < 4.78 is 11.6. The molecule has 4 unspecified atom stereocenters. The van der Waals surface area contributed by atoms with Crippen molar-refractivity contribution in [1.82, 2.24) is 45.0 Å². The van der Waals surface area contributed by atoms with E-state index in [0.29, 0.717) is 34.4 Å². The Hall–Kier alpha value is -9.74. The summed E-state index contributed by atoms with van der Waals surface area (Å²) in [5.41, 5.74) is 7.60. The number of esters is 3. The zero-order valence-corrected chi connectivity index (χ0v) is 47.1. The van der Waals surface area contributed by atoms with Gasteiger partial charge in [0.15, 0.2) is 5.92 Å². The van der Waals surface area contributed by atoms with E-state index in [1.54, 1.807) is 99.3 Å². The summed E-state index contributed by atoms with van der Waals surface area (Å²) in [4.78, 5) is 107. The first-order chi connectivity index (χ1) is 39.5. The number of imide groups is 1. The van der Waals surface area contributed by atoms with E-state index in [-0.39, 0.29) is 45.7 Å². The number of amides is 2. The van der Waals surface area contributed by atoms with E-state index in [4.69, 9.17) is 19.1 Å². The lowest BCUT2D eigenvalue weighted by atomic mass is 9.51. The number of carbonyl (C=O) groups excluding carboxylic acids is 7. The fourth-order valence-electron chi connectivity index (χ4n) is 11.9. The Morgan fingerprint density at radius 3 is 1.48 bits per heavy atom. The summed E-state index contributed by atoms with van der Waals surface area (Å²) in [6, 6.07) is 28.4. The Labute approximate surface area is 475 Å². The Kier molecular flexibility index (Phi) is 17.7. The van der Waals surface area contributed by atoms with Gasteiger partial charge < -0.3 is 19.8 Å². The van der Waals surface area contributed by atoms with Crippen molar-refractivity contribution in [3.8, 4) is 0 Å². The molecule has 432 valence electrons. The summed E-state index contributed by atoms with van der Waals surface area (Å²) in [6.07, 6.45) is 6.69. The van der Waals surface area contributed by atoms with Gasteiger partial charge in [0.25, 0.3) is 11.1 Å². The van der Waals surface area contributed by atoms with E-state index >= 15 is 0 Å². The molecule has 3 aromatic heterocycles. The number of cyclic esters (lactones) is 2. The second-order valence-electron chi connectivity index (χ2n) is 21.7. The lowest BCUT2D eigenvalue weighted by molar-refractivity contribution is -0.578. The van der Waals surface area contributed by atoms with E-state index in [0.717, 1.165) is 38.7 Å². The molecule has 5 heterocycles. The average Bonchev–Trinajstić information content (AvgIpc) is 1.72. The number of aromatic amines is 2. The van der Waals surface area contributed by atoms with Crippen molar-refractivity contribution in [2.24, 2.45) is 29.4 Å². The Balaban J connectivity index is 0.000000157. The Bertz CT molecular complexity index is 3460. The predicted octanol–water partition coefficient (Wildman–Crippen LogP) is 5.90. The molecule has 4 atom stereocenters. The monoisotopic (exact) mass is 1130 g/mol. The molecule has 8 aliphatic rings. The molecule has 0 saturated carbocycles. The highest BCUT2D eigenvalue weighted by atomic mass is 16.6. The molecule has 0 spiro atoms. The molecule has 6 aliphatic carbocycles. The normalized spacial score (nSPS) is 22.8. The van der Waals surface area contributed by atoms with E-state index < -0.39 is 57.5 Å². The molecular weight excluding hydrogens is 1070 g/mol. The van der Waals surface area contributed by atoms with Gasteiger partial charge in [0.1, 0.15) is 36.3 Å². The third kappa shape index (κ3) is 10.4. The maximum atomic E-state index is 12.9. The largest absolute Gasteiger partial charge is 0.462 e. The maximum Gasteiger partial charge on any atom is 0.373 e. The first-order valence-electron chi connectivity index (χ1n) is 26.2. The van der Waals surface area contributed by atoms with Crippen LogP contribution >= 0.6 is 0 Å². The minimum absolute atomic E-state index is 0.0938. The van der Waals surface area contributed by atoms with Crippen molar-refractivity contribution >= 4 is 35.9 Å². The number of ether oxygens (including phenoxy) is 2. The minimum atomic E-state index is -1.77. The molecule has 2 saturated heterocycles. The maximum absolute atomic E-state index is 12.9. The molecule has 25 nitrogen and oxygen atoms in total. The van der Waals surface area contributed by atoms with Crippen LogP contribution < -0.4 is 5.73 Å². The van der Waals surface area contributed by atoms with Crippen LogP contribution in [0.1, 0.15) is 127 Å². The van der Waals surface area contributed by atoms with E-state index in [2.05, 4.69) is 82.9 Å². The highest BCUT2D eigenvalue weighted by molar-refractivity contribution is 6.08. The van der Waals surface area contributed by atoms with E-state index in [9.17, 15) is 44.2 Å². The first kappa shape index (κ1) is 60.9. The quantitative estimate of drug-likeness (QED) is 0.0607. The number of rotatable bonds is 4. The van der Waals surface area contributed by atoms with Gasteiger partial charge in [0.2, 0.25) is 11.8 Å². The number of carbonyl (C=O) groups is 5. The number of likely N-dealkylation sites (tertiary alicyclic amines) is 1. The van der Waals surface area contributed by atoms with Crippen molar-refractivity contribution in [2.75, 3.05) is 20.7 Å². The molecule has 15 rings (SSSR count). The van der Waals surface area contributed by atoms with Crippen LogP contribution in [0.2, 0.25) is 0 Å². The van der Waals surface area contributed by atoms with E-state index in [1.807, 2.05) is 28.8 Å². The van der Waals surface area contributed by atoms with Gasteiger partial charge in [-0.05, 0) is 63.9 Å². The summed E-state index contributed by atoms with van der Waals surface area (Å²) in [6.45, 7) is 16.5. The molecule has 2 aliphatic heterocycles. The van der Waals surface area contributed by atoms with Crippen LogP contribution in [0.15, 0.2) is 122 Å². The van der Waals surface area contributed by atoms with Gasteiger partial charge in [-0.25, -0.2) is 9.78 Å². The predicted molar refractivity (Wildman–Crippen MR) is 292 cm³/mol. The third-order valence-corrected chi connectivity index (χ3v) is 15.3. The van der Waals surface area contributed by atoms with Crippen molar-refractivity contribution in [3.63, 3.8) is 0 Å². The highest BCUT2D eigenvalue weighted by Gasteiger charge is 2.76. The third-order valence-electron chi connectivity index (χ3n) is 15.3. The van der Waals surface area contributed by atoms with Crippen LogP contribution in [0.4, 0.5) is 0 Å². The number of H-pyrrole nitrogens is 2. The summed E-state index contributed by atoms with van der Waals surface area (Å²) >= 11 is 0. The lowest BCUT2D eigenvalue weighted by Crippen LogP contribution is -2.57. The first-order valence-corrected chi connectivity index (χ1v) is 26.2. The standard InChI is InChI=1S/C19H14N2O4.C18H11NO5.C7H10N2O2.2C6H11N3.CH5N.CO2/c1-20-17(22)15-14-10-6-2-4-8-12(10)19(21(24)25,16(15)18(20)23)13-9-5-3-7-11(13)14;20-16-14-13-9-5-1-3-7-11(9)18(19(22)23,15(14)17(21)24-16)12-8-4-2-6-10(12)13;1-3-11-7(10)6-4-8-9-5(6)2;1-6(2,3)9-4-7-8-5-9;1-6(2,3)5-7-4-8-9-5;1-2;2-1-3/h2-9,14-16H,1H3;1-8,13-15H;4H,3H2,1-2H3,(H,8,9);4-5H,1-3H3;4H,1-3H3,(H,7,8,9);2H2,1H3;. The van der Waals surface area contributed by atoms with Crippen molar-refractivity contribution in [2.45, 2.75) is 89.3 Å². The zero-order valence-electron chi connectivity index (χ0n) is 47.1. The van der Waals surface area contributed by atoms with Crippen molar-refractivity contribution in [1.29, 1.82) is 0 Å². The molecule has 2 amide bonds. The fourth-order valence-corrected chi connectivity index (χ4v) is 11.9. The number of nitrogens with one attached hydrogen (secondary N) is 2. The Morgan fingerprint density at radius 2 is 1.13 bits per heavy atom. The Morgan fingerprint density at radius 1 is 0.699 bits per heavy atom. The van der Waals surface area contributed by atoms with Gasteiger partial charge in [-0.1, -0.05) is 118 Å². The lowest BCUT2D eigenvalue weighted by Gasteiger charge is -2.48. The van der Waals surface area contributed by atoms with Crippen LogP contribution in [0.3, 0.4) is 0 Å². The van der Waals surface area contributed by atoms with Gasteiger partial charge in [-0.3, -0.25) is 54.5 Å². The molecule has 4 N–H and O–H groups in total. The number of nitro groups is 2. The summed E-state index contributed by atoms with van der Waals surface area (Å²) in [5, 5.41) is 45.1. The van der Waals surface area contributed by atoms with Crippen molar-refractivity contribution in [3.05, 3.63) is 204 Å². The molecular formula is C58H62N12O13. The molecule has 4 bridgehead atoms. The van der Waals surface area contributed by atoms with Crippen molar-refractivity contribution < 1.29 is 52.9 Å².